The Kier molecular flexibility index (Phi) is 5.63. The number of ether oxygens (including phenoxy) is 1. The molecular weight excluding hydrogens is 324 g/mol. The molecule has 3 N–H and O–H groups in total. The molecule has 1 aliphatic heterocycles. The average Bonchev–Trinajstić information content (AvgIpc) is 2.83. The Morgan fingerprint density at radius 1 is 1.32 bits per heavy atom. The molecule has 2 atom stereocenters. The number of hydrogen-bond acceptors (Lipinski definition) is 5. The van der Waals surface area contributed by atoms with Gasteiger partial charge in [0.1, 0.15) is 17.8 Å². The van der Waals surface area contributed by atoms with Gasteiger partial charge in [0.25, 0.3) is 5.91 Å². The van der Waals surface area contributed by atoms with Gasteiger partial charge in [-0.15, -0.1) is 0 Å². The molecule has 0 aliphatic carbocycles. The minimum atomic E-state index is -1.21. The van der Waals surface area contributed by atoms with Crippen LogP contribution in [-0.2, 0) is 15.1 Å². The fraction of sp³-hybridized carbons (Fsp3) is 0.471. The first kappa shape index (κ1) is 18.7. The first-order valence-electron chi connectivity index (χ1n) is 8.04. The molecule has 1 fully saturated rings. The lowest BCUT2D eigenvalue weighted by Gasteiger charge is -2.22. The van der Waals surface area contributed by atoms with Gasteiger partial charge in [0.2, 0.25) is 5.91 Å². The summed E-state index contributed by atoms with van der Waals surface area (Å²) < 4.78 is 5.10. The highest BCUT2D eigenvalue weighted by molar-refractivity contribution is 6.09. The molecule has 2 rings (SSSR count). The van der Waals surface area contributed by atoms with Crippen LogP contribution in [0.3, 0.4) is 0 Å². The normalized spacial score (nSPS) is 21.0. The Labute approximate surface area is 146 Å². The lowest BCUT2D eigenvalue weighted by Crippen LogP contribution is -2.45. The van der Waals surface area contributed by atoms with Gasteiger partial charge in [-0.05, 0) is 38.6 Å². The van der Waals surface area contributed by atoms with Crippen molar-refractivity contribution in [3.63, 3.8) is 0 Å². The van der Waals surface area contributed by atoms with Gasteiger partial charge in [-0.2, -0.15) is 0 Å². The number of hydrogen-bond donors (Lipinski definition) is 3. The third-order valence-electron chi connectivity index (χ3n) is 4.34. The number of carbonyl (C=O) groups is 3. The van der Waals surface area contributed by atoms with Crippen LogP contribution < -0.4 is 20.7 Å². The van der Waals surface area contributed by atoms with E-state index < -0.39 is 17.5 Å². The smallest absolute Gasteiger partial charge is 0.325 e. The van der Waals surface area contributed by atoms with Gasteiger partial charge in [0.15, 0.2) is 0 Å². The molecule has 0 saturated carbocycles. The van der Waals surface area contributed by atoms with Gasteiger partial charge in [-0.3, -0.25) is 14.5 Å². The fourth-order valence-electron chi connectivity index (χ4n) is 2.53. The summed E-state index contributed by atoms with van der Waals surface area (Å²) in [5.74, 6) is -0.192. The highest BCUT2D eigenvalue weighted by atomic mass is 16.5. The Bertz CT molecular complexity index is 661. The van der Waals surface area contributed by atoms with Crippen LogP contribution in [0.2, 0.25) is 0 Å². The first-order valence-corrected chi connectivity index (χ1v) is 8.04. The summed E-state index contributed by atoms with van der Waals surface area (Å²) >= 11 is 0. The second-order valence-corrected chi connectivity index (χ2v) is 6.17. The highest BCUT2D eigenvalue weighted by Gasteiger charge is 2.49. The molecule has 0 radical (unpaired) electrons. The van der Waals surface area contributed by atoms with Crippen LogP contribution in [-0.4, -0.2) is 56.0 Å². The van der Waals surface area contributed by atoms with Gasteiger partial charge >= 0.3 is 6.03 Å². The molecule has 25 heavy (non-hydrogen) atoms. The first-order chi connectivity index (χ1) is 11.8. The number of imide groups is 1. The van der Waals surface area contributed by atoms with Crippen LogP contribution in [0.25, 0.3) is 0 Å². The Morgan fingerprint density at radius 2 is 1.96 bits per heavy atom. The average molecular weight is 348 g/mol. The lowest BCUT2D eigenvalue weighted by atomic mass is 9.92. The van der Waals surface area contributed by atoms with Crippen molar-refractivity contribution in [2.45, 2.75) is 25.4 Å². The molecule has 0 spiro atoms. The van der Waals surface area contributed by atoms with Gasteiger partial charge in [0, 0.05) is 12.6 Å². The van der Waals surface area contributed by atoms with Crippen molar-refractivity contribution in [2.24, 2.45) is 0 Å². The van der Waals surface area contributed by atoms with E-state index in [9.17, 15) is 14.4 Å². The molecule has 1 aliphatic rings. The largest absolute Gasteiger partial charge is 0.497 e. The molecule has 8 nitrogen and oxygen atoms in total. The van der Waals surface area contributed by atoms with Crippen molar-refractivity contribution in [1.29, 1.82) is 0 Å². The molecule has 4 amide bonds. The number of likely N-dealkylation sites (N-methyl/N-ethyl adjacent to an activating group) is 1. The van der Waals surface area contributed by atoms with E-state index in [0.29, 0.717) is 17.9 Å². The molecule has 0 bridgehead atoms. The molecule has 0 aromatic heterocycles. The van der Waals surface area contributed by atoms with E-state index in [0.717, 1.165) is 4.90 Å². The summed E-state index contributed by atoms with van der Waals surface area (Å²) in [5, 5.41) is 8.35. The number of rotatable bonds is 7. The second-order valence-electron chi connectivity index (χ2n) is 6.17. The van der Waals surface area contributed by atoms with E-state index in [-0.39, 0.29) is 18.5 Å². The minimum Gasteiger partial charge on any atom is -0.497 e. The van der Waals surface area contributed by atoms with Crippen molar-refractivity contribution in [3.8, 4) is 5.75 Å². The zero-order valence-corrected chi connectivity index (χ0v) is 14.9. The quantitative estimate of drug-likeness (QED) is 0.611. The predicted molar refractivity (Wildman–Crippen MR) is 92.1 cm³/mol. The minimum absolute atomic E-state index is 0.0941. The van der Waals surface area contributed by atoms with Crippen molar-refractivity contribution < 1.29 is 19.1 Å². The predicted octanol–water partition coefficient (Wildman–Crippen LogP) is 0.186. The highest BCUT2D eigenvalue weighted by Crippen LogP contribution is 2.29. The van der Waals surface area contributed by atoms with Crippen molar-refractivity contribution in [2.75, 3.05) is 27.2 Å². The zero-order valence-electron chi connectivity index (χ0n) is 14.9. The molecule has 1 saturated heterocycles. The van der Waals surface area contributed by atoms with Crippen LogP contribution in [0, 0.1) is 0 Å². The number of methoxy groups -OCH3 is 1. The summed E-state index contributed by atoms with van der Waals surface area (Å²) in [6, 6.07) is 6.38. The summed E-state index contributed by atoms with van der Waals surface area (Å²) in [7, 11) is 3.34. The van der Waals surface area contributed by atoms with Crippen LogP contribution in [0.5, 0.6) is 5.75 Å². The molecule has 8 heteroatoms. The monoisotopic (exact) mass is 348 g/mol. The molecule has 1 aromatic rings. The molecular formula is C17H24N4O4. The van der Waals surface area contributed by atoms with E-state index in [2.05, 4.69) is 16.0 Å². The van der Waals surface area contributed by atoms with Crippen molar-refractivity contribution >= 4 is 17.8 Å². The SMILES string of the molecule is CNC(C)CNC(=O)CN1C(=O)NC(C)(c2ccc(OC)cc2)C1=O. The van der Waals surface area contributed by atoms with Crippen LogP contribution in [0.15, 0.2) is 24.3 Å². The molecule has 136 valence electrons. The third kappa shape index (κ3) is 3.90. The molecule has 1 aromatic carbocycles. The van der Waals surface area contributed by atoms with Crippen LogP contribution in [0.1, 0.15) is 19.4 Å². The van der Waals surface area contributed by atoms with E-state index in [1.807, 2.05) is 6.92 Å². The summed E-state index contributed by atoms with van der Waals surface area (Å²) in [6.45, 7) is 3.63. The van der Waals surface area contributed by atoms with Crippen molar-refractivity contribution in [3.05, 3.63) is 29.8 Å². The maximum absolute atomic E-state index is 12.7. The number of amides is 4. The van der Waals surface area contributed by atoms with E-state index in [1.54, 1.807) is 45.3 Å². The number of carbonyl (C=O) groups excluding carboxylic acids is 3. The molecule has 1 heterocycles. The standard InChI is InChI=1S/C17H24N4O4/c1-11(18-3)9-19-14(22)10-21-15(23)17(2,20-16(21)24)12-5-7-13(25-4)8-6-12/h5-8,11,18H,9-10H2,1-4H3,(H,19,22)(H,20,24). The number of nitrogens with one attached hydrogen (secondary N) is 3. The summed E-state index contributed by atoms with van der Waals surface area (Å²) in [6.07, 6.45) is 0. The van der Waals surface area contributed by atoms with E-state index in [4.69, 9.17) is 4.74 Å². The van der Waals surface area contributed by atoms with Crippen LogP contribution in [0.4, 0.5) is 4.79 Å². The maximum Gasteiger partial charge on any atom is 0.325 e. The van der Waals surface area contributed by atoms with E-state index >= 15 is 0 Å². The Morgan fingerprint density at radius 3 is 2.52 bits per heavy atom. The van der Waals surface area contributed by atoms with Gasteiger partial charge in [-0.25, -0.2) is 4.79 Å². The Balaban J connectivity index is 2.09. The molecule has 2 unspecified atom stereocenters. The topological polar surface area (TPSA) is 99.8 Å². The number of urea groups is 1. The lowest BCUT2D eigenvalue weighted by molar-refractivity contribution is -0.134. The maximum atomic E-state index is 12.7. The van der Waals surface area contributed by atoms with Crippen LogP contribution >= 0.6 is 0 Å². The third-order valence-corrected chi connectivity index (χ3v) is 4.34. The van der Waals surface area contributed by atoms with Gasteiger partial charge in [0.05, 0.1) is 7.11 Å². The number of nitrogens with zero attached hydrogens (tertiary/aromatic N) is 1. The zero-order chi connectivity index (χ0) is 18.6. The summed E-state index contributed by atoms with van der Waals surface area (Å²) in [5.41, 5.74) is -0.583. The second kappa shape index (κ2) is 7.52. The van der Waals surface area contributed by atoms with Gasteiger partial charge in [-0.1, -0.05) is 12.1 Å². The fourth-order valence-corrected chi connectivity index (χ4v) is 2.53. The number of benzene rings is 1. The van der Waals surface area contributed by atoms with Crippen molar-refractivity contribution in [1.82, 2.24) is 20.9 Å². The van der Waals surface area contributed by atoms with Gasteiger partial charge < -0.3 is 20.7 Å². The van der Waals surface area contributed by atoms with E-state index in [1.165, 1.54) is 0 Å². The summed E-state index contributed by atoms with van der Waals surface area (Å²) in [4.78, 5) is 37.9. The Hall–Kier alpha value is -2.61.